The molecule has 2 aromatic carbocycles. The summed E-state index contributed by atoms with van der Waals surface area (Å²) in [4.78, 5) is 22.1. The number of aldehydes is 1. The van der Waals surface area contributed by atoms with Crippen molar-refractivity contribution in [1.82, 2.24) is 4.57 Å². The molecule has 0 aliphatic heterocycles. The van der Waals surface area contributed by atoms with E-state index in [0.717, 1.165) is 22.8 Å². The van der Waals surface area contributed by atoms with Gasteiger partial charge in [0, 0.05) is 17.4 Å². The maximum Gasteiger partial charge on any atom is 0.335 e. The highest BCUT2D eigenvalue weighted by Crippen LogP contribution is 2.20. The van der Waals surface area contributed by atoms with E-state index < -0.39 is 5.97 Å². The molecule has 0 saturated heterocycles. The van der Waals surface area contributed by atoms with Crippen molar-refractivity contribution >= 4 is 23.2 Å². The van der Waals surface area contributed by atoms with Crippen molar-refractivity contribution < 1.29 is 14.7 Å². The zero-order valence-electron chi connectivity index (χ0n) is 11.2. The summed E-state index contributed by atoms with van der Waals surface area (Å²) in [5, 5.41) is 9.92. The Labute approximate surface area is 121 Å². The third-order valence-electron chi connectivity index (χ3n) is 3.50. The third kappa shape index (κ3) is 2.43. The number of aromatic carboxylic acids is 1. The number of nitrogens with zero attached hydrogens (tertiary/aromatic N) is 1. The van der Waals surface area contributed by atoms with Crippen molar-refractivity contribution in [2.24, 2.45) is 0 Å². The summed E-state index contributed by atoms with van der Waals surface area (Å²) >= 11 is 0. The average Bonchev–Trinajstić information content (AvgIpc) is 2.86. The van der Waals surface area contributed by atoms with E-state index in [-0.39, 0.29) is 5.56 Å². The summed E-state index contributed by atoms with van der Waals surface area (Å²) in [6, 6.07) is 16.3. The second kappa shape index (κ2) is 5.25. The Bertz CT molecular complexity index is 816. The maximum absolute atomic E-state index is 11.2. The minimum atomic E-state index is -0.943. The second-order valence-electron chi connectivity index (χ2n) is 4.83. The smallest absolute Gasteiger partial charge is 0.335 e. The number of rotatable bonds is 4. The monoisotopic (exact) mass is 279 g/mol. The molecule has 4 nitrogen and oxygen atoms in total. The van der Waals surface area contributed by atoms with Crippen LogP contribution < -0.4 is 0 Å². The summed E-state index contributed by atoms with van der Waals surface area (Å²) in [5.74, 6) is -0.943. The van der Waals surface area contributed by atoms with Crippen LogP contribution in [0.15, 0.2) is 54.6 Å². The predicted octanol–water partition coefficient (Wildman–Crippen LogP) is 3.20. The second-order valence-corrected chi connectivity index (χ2v) is 4.83. The van der Waals surface area contributed by atoms with E-state index in [1.165, 1.54) is 0 Å². The van der Waals surface area contributed by atoms with Gasteiger partial charge in [-0.25, -0.2) is 4.79 Å². The molecule has 1 N–H and O–H groups in total. The maximum atomic E-state index is 11.2. The van der Waals surface area contributed by atoms with Gasteiger partial charge >= 0.3 is 5.97 Å². The fourth-order valence-electron chi connectivity index (χ4n) is 2.44. The summed E-state index contributed by atoms with van der Waals surface area (Å²) in [7, 11) is 0. The number of carbonyl (C=O) groups is 2. The van der Waals surface area contributed by atoms with Crippen LogP contribution in [0, 0.1) is 0 Å². The molecule has 1 heterocycles. The predicted molar refractivity (Wildman–Crippen MR) is 79.8 cm³/mol. The topological polar surface area (TPSA) is 59.3 Å². The SMILES string of the molecule is O=Cc1cc2ccccc2n1Cc1ccc(C(=O)O)cc1. The highest BCUT2D eigenvalue weighted by molar-refractivity contribution is 5.89. The van der Waals surface area contributed by atoms with Crippen LogP contribution in [0.25, 0.3) is 10.9 Å². The first-order chi connectivity index (χ1) is 10.2. The highest BCUT2D eigenvalue weighted by Gasteiger charge is 2.09. The molecule has 3 aromatic rings. The van der Waals surface area contributed by atoms with Crippen LogP contribution >= 0.6 is 0 Å². The minimum Gasteiger partial charge on any atom is -0.478 e. The van der Waals surface area contributed by atoms with Gasteiger partial charge in [0.2, 0.25) is 0 Å². The molecule has 21 heavy (non-hydrogen) atoms. The van der Waals surface area contributed by atoms with Crippen molar-refractivity contribution in [2.75, 3.05) is 0 Å². The molecule has 0 saturated carbocycles. The van der Waals surface area contributed by atoms with Crippen LogP contribution in [0.5, 0.6) is 0 Å². The molecule has 104 valence electrons. The summed E-state index contributed by atoms with van der Waals surface area (Å²) in [5.41, 5.74) is 2.80. The number of para-hydroxylation sites is 1. The van der Waals surface area contributed by atoms with Gasteiger partial charge in [-0.1, -0.05) is 30.3 Å². The number of carboxylic acid groups (broad SMARTS) is 1. The fourth-order valence-corrected chi connectivity index (χ4v) is 2.44. The van der Waals surface area contributed by atoms with Gasteiger partial charge in [-0.3, -0.25) is 4.79 Å². The zero-order chi connectivity index (χ0) is 14.8. The Morgan fingerprint density at radius 1 is 1.10 bits per heavy atom. The molecule has 0 unspecified atom stereocenters. The lowest BCUT2D eigenvalue weighted by Gasteiger charge is -2.08. The molecule has 0 atom stereocenters. The molecule has 0 amide bonds. The Balaban J connectivity index is 2.01. The number of carbonyl (C=O) groups excluding carboxylic acids is 1. The van der Waals surface area contributed by atoms with Crippen molar-refractivity contribution in [3.63, 3.8) is 0 Å². The van der Waals surface area contributed by atoms with Gasteiger partial charge in [0.1, 0.15) is 0 Å². The van der Waals surface area contributed by atoms with Gasteiger partial charge in [-0.05, 0) is 29.8 Å². The number of fused-ring (bicyclic) bond motifs is 1. The number of aromatic nitrogens is 1. The van der Waals surface area contributed by atoms with E-state index in [1.807, 2.05) is 34.9 Å². The van der Waals surface area contributed by atoms with E-state index in [2.05, 4.69) is 0 Å². The van der Waals surface area contributed by atoms with E-state index in [0.29, 0.717) is 12.2 Å². The molecule has 4 heteroatoms. The van der Waals surface area contributed by atoms with Crippen LogP contribution in [-0.2, 0) is 6.54 Å². The molecule has 0 radical (unpaired) electrons. The van der Waals surface area contributed by atoms with Gasteiger partial charge in [-0.2, -0.15) is 0 Å². The van der Waals surface area contributed by atoms with Crippen molar-refractivity contribution in [3.05, 3.63) is 71.4 Å². The zero-order valence-corrected chi connectivity index (χ0v) is 11.2. The summed E-state index contributed by atoms with van der Waals surface area (Å²) in [6.45, 7) is 0.529. The van der Waals surface area contributed by atoms with Crippen molar-refractivity contribution in [1.29, 1.82) is 0 Å². The van der Waals surface area contributed by atoms with Gasteiger partial charge in [-0.15, -0.1) is 0 Å². The minimum absolute atomic E-state index is 0.256. The third-order valence-corrected chi connectivity index (χ3v) is 3.50. The van der Waals surface area contributed by atoms with Crippen molar-refractivity contribution in [3.8, 4) is 0 Å². The van der Waals surface area contributed by atoms with Gasteiger partial charge in [0.25, 0.3) is 0 Å². The molecule has 1 aromatic heterocycles. The van der Waals surface area contributed by atoms with E-state index in [1.54, 1.807) is 24.3 Å². The lowest BCUT2D eigenvalue weighted by molar-refractivity contribution is 0.0696. The molecule has 0 aliphatic carbocycles. The first-order valence-corrected chi connectivity index (χ1v) is 6.55. The standard InChI is InChI=1S/C17H13NO3/c19-11-15-9-14-3-1-2-4-16(14)18(15)10-12-5-7-13(8-6-12)17(20)21/h1-9,11H,10H2,(H,20,21). The first kappa shape index (κ1) is 13.1. The molecule has 0 spiro atoms. The van der Waals surface area contributed by atoms with Gasteiger partial charge in [0.05, 0.1) is 11.3 Å². The fraction of sp³-hybridized carbons (Fsp3) is 0.0588. The summed E-state index contributed by atoms with van der Waals surface area (Å²) in [6.07, 6.45) is 0.839. The van der Waals surface area contributed by atoms with E-state index in [9.17, 15) is 9.59 Å². The molecule has 3 rings (SSSR count). The number of carboxylic acids is 1. The van der Waals surface area contributed by atoms with Crippen LogP contribution in [0.3, 0.4) is 0 Å². The number of hydrogen-bond donors (Lipinski definition) is 1. The molecule has 0 bridgehead atoms. The Morgan fingerprint density at radius 2 is 1.81 bits per heavy atom. The average molecular weight is 279 g/mol. The molecular weight excluding hydrogens is 266 g/mol. The van der Waals surface area contributed by atoms with Crippen LogP contribution in [0.2, 0.25) is 0 Å². The quantitative estimate of drug-likeness (QED) is 0.746. The lowest BCUT2D eigenvalue weighted by Crippen LogP contribution is -2.04. The number of hydrogen-bond acceptors (Lipinski definition) is 2. The number of benzene rings is 2. The van der Waals surface area contributed by atoms with Gasteiger partial charge < -0.3 is 9.67 Å². The molecular formula is C17H13NO3. The largest absolute Gasteiger partial charge is 0.478 e. The van der Waals surface area contributed by atoms with E-state index >= 15 is 0 Å². The van der Waals surface area contributed by atoms with Gasteiger partial charge in [0.15, 0.2) is 6.29 Å². The van der Waals surface area contributed by atoms with Crippen LogP contribution in [-0.4, -0.2) is 21.9 Å². The Morgan fingerprint density at radius 3 is 2.48 bits per heavy atom. The lowest BCUT2D eigenvalue weighted by atomic mass is 10.1. The first-order valence-electron chi connectivity index (χ1n) is 6.55. The van der Waals surface area contributed by atoms with Crippen LogP contribution in [0.1, 0.15) is 26.4 Å². The Hall–Kier alpha value is -2.88. The molecule has 0 aliphatic rings. The normalized spacial score (nSPS) is 10.7. The van der Waals surface area contributed by atoms with Crippen LogP contribution in [0.4, 0.5) is 0 Å². The highest BCUT2D eigenvalue weighted by atomic mass is 16.4. The molecule has 0 fully saturated rings. The Kier molecular flexibility index (Phi) is 3.28. The summed E-state index contributed by atoms with van der Waals surface area (Å²) < 4.78 is 1.93. The van der Waals surface area contributed by atoms with Crippen molar-refractivity contribution in [2.45, 2.75) is 6.54 Å². The van der Waals surface area contributed by atoms with E-state index in [4.69, 9.17) is 5.11 Å².